The van der Waals surface area contributed by atoms with Gasteiger partial charge in [-0.15, -0.1) is 0 Å². The first kappa shape index (κ1) is 15.8. The Hall–Kier alpha value is -0.120. The second-order valence-electron chi connectivity index (χ2n) is 8.30. The number of hydrazine groups is 1. The average Bonchev–Trinajstić information content (AvgIpc) is 3.00. The summed E-state index contributed by atoms with van der Waals surface area (Å²) < 4.78 is 0. The summed E-state index contributed by atoms with van der Waals surface area (Å²) in [6, 6.07) is 0.468. The summed E-state index contributed by atoms with van der Waals surface area (Å²) in [4.78, 5) is 2.50. The molecule has 4 unspecified atom stereocenters. The molecule has 0 aromatic rings. The molecule has 3 rings (SSSR count). The highest BCUT2D eigenvalue weighted by atomic mass is 15.3. The Kier molecular flexibility index (Phi) is 4.92. The molecule has 0 aromatic carbocycles. The topological polar surface area (TPSA) is 41.3 Å². The molecule has 0 aromatic heterocycles. The molecule has 0 saturated heterocycles. The van der Waals surface area contributed by atoms with Gasteiger partial charge in [0.2, 0.25) is 0 Å². The van der Waals surface area contributed by atoms with E-state index in [4.69, 9.17) is 5.84 Å². The highest BCUT2D eigenvalue weighted by Gasteiger charge is 2.45. The predicted octanol–water partition coefficient (Wildman–Crippen LogP) is 3.30. The maximum absolute atomic E-state index is 6.08. The lowest BCUT2D eigenvalue weighted by atomic mass is 9.74. The van der Waals surface area contributed by atoms with Crippen molar-refractivity contribution in [2.24, 2.45) is 23.6 Å². The van der Waals surface area contributed by atoms with E-state index in [1.807, 2.05) is 0 Å². The van der Waals surface area contributed by atoms with Crippen molar-refractivity contribution in [3.8, 4) is 0 Å². The van der Waals surface area contributed by atoms with Crippen LogP contribution in [0.1, 0.15) is 70.6 Å². The fraction of sp³-hybridized carbons (Fsp3) is 1.00. The average molecular weight is 293 g/mol. The molecular formula is C18H35N3. The molecule has 0 amide bonds. The van der Waals surface area contributed by atoms with Crippen LogP contribution in [0, 0.1) is 17.8 Å². The minimum absolute atomic E-state index is 0.285. The molecule has 0 radical (unpaired) electrons. The van der Waals surface area contributed by atoms with Gasteiger partial charge in [0.15, 0.2) is 0 Å². The number of likely N-dealkylation sites (N-methyl/N-ethyl adjacent to an activating group) is 1. The van der Waals surface area contributed by atoms with Crippen LogP contribution in [-0.4, -0.2) is 30.6 Å². The predicted molar refractivity (Wildman–Crippen MR) is 88.8 cm³/mol. The summed E-state index contributed by atoms with van der Waals surface area (Å²) in [6.07, 6.45) is 15.5. The third-order valence-corrected chi connectivity index (χ3v) is 7.13. The van der Waals surface area contributed by atoms with Gasteiger partial charge < -0.3 is 4.90 Å². The molecule has 3 aliphatic rings. The first-order valence-electron chi connectivity index (χ1n) is 9.29. The molecule has 3 fully saturated rings. The van der Waals surface area contributed by atoms with Crippen LogP contribution < -0.4 is 11.3 Å². The van der Waals surface area contributed by atoms with Crippen LogP contribution in [0.4, 0.5) is 0 Å². The third kappa shape index (κ3) is 3.02. The zero-order valence-electron chi connectivity index (χ0n) is 14.1. The summed E-state index contributed by atoms with van der Waals surface area (Å²) in [5, 5.41) is 0. The Bertz CT molecular complexity index is 333. The van der Waals surface area contributed by atoms with Gasteiger partial charge in [0.05, 0.1) is 0 Å². The van der Waals surface area contributed by atoms with E-state index < -0.39 is 0 Å². The van der Waals surface area contributed by atoms with Gasteiger partial charge in [-0.05, 0) is 70.4 Å². The summed E-state index contributed by atoms with van der Waals surface area (Å²) in [5.74, 6) is 9.07. The van der Waals surface area contributed by atoms with E-state index in [-0.39, 0.29) is 5.54 Å². The van der Waals surface area contributed by atoms with Gasteiger partial charge in [0, 0.05) is 11.6 Å². The molecule has 3 aliphatic carbocycles. The van der Waals surface area contributed by atoms with Crippen molar-refractivity contribution in [3.05, 3.63) is 0 Å². The Morgan fingerprint density at radius 1 is 1.10 bits per heavy atom. The largest absolute Gasteiger partial charge is 0.302 e. The molecule has 0 spiro atoms. The van der Waals surface area contributed by atoms with Gasteiger partial charge in [-0.1, -0.05) is 32.1 Å². The molecule has 3 heteroatoms. The molecule has 122 valence electrons. The minimum Gasteiger partial charge on any atom is -0.302 e. The van der Waals surface area contributed by atoms with Crippen molar-refractivity contribution in [1.29, 1.82) is 0 Å². The van der Waals surface area contributed by atoms with Crippen molar-refractivity contribution in [2.45, 2.75) is 82.2 Å². The lowest BCUT2D eigenvalue weighted by Gasteiger charge is -2.47. The summed E-state index contributed by atoms with van der Waals surface area (Å²) >= 11 is 0. The molecule has 4 atom stereocenters. The van der Waals surface area contributed by atoms with Crippen LogP contribution >= 0.6 is 0 Å². The molecule has 3 N–H and O–H groups in total. The van der Waals surface area contributed by atoms with Gasteiger partial charge in [-0.25, -0.2) is 0 Å². The lowest BCUT2D eigenvalue weighted by Crippen LogP contribution is -2.61. The van der Waals surface area contributed by atoms with Gasteiger partial charge in [0.25, 0.3) is 0 Å². The number of hydrogen-bond donors (Lipinski definition) is 2. The maximum atomic E-state index is 6.08. The van der Waals surface area contributed by atoms with E-state index in [1.54, 1.807) is 0 Å². The summed E-state index contributed by atoms with van der Waals surface area (Å²) in [7, 11) is 4.55. The fourth-order valence-corrected chi connectivity index (χ4v) is 5.86. The number of nitrogens with one attached hydrogen (secondary N) is 1. The number of nitrogens with zero attached hydrogens (tertiary/aromatic N) is 1. The summed E-state index contributed by atoms with van der Waals surface area (Å²) in [6.45, 7) is 0. The maximum Gasteiger partial charge on any atom is 0.0397 e. The second-order valence-corrected chi connectivity index (χ2v) is 8.30. The molecule has 0 aliphatic heterocycles. The van der Waals surface area contributed by atoms with E-state index in [1.165, 1.54) is 70.6 Å². The Balaban J connectivity index is 1.72. The number of nitrogens with two attached hydrogens (primary N) is 1. The zero-order valence-corrected chi connectivity index (χ0v) is 14.1. The van der Waals surface area contributed by atoms with Gasteiger partial charge in [-0.2, -0.15) is 0 Å². The third-order valence-electron chi connectivity index (χ3n) is 7.13. The quantitative estimate of drug-likeness (QED) is 0.464. The molecule has 21 heavy (non-hydrogen) atoms. The van der Waals surface area contributed by atoms with Crippen molar-refractivity contribution in [1.82, 2.24) is 10.3 Å². The second kappa shape index (κ2) is 6.55. The van der Waals surface area contributed by atoms with Gasteiger partial charge in [0.1, 0.15) is 0 Å². The molecule has 3 nitrogen and oxygen atoms in total. The van der Waals surface area contributed by atoms with Gasteiger partial charge in [-0.3, -0.25) is 11.3 Å². The molecule has 0 heterocycles. The van der Waals surface area contributed by atoms with Crippen molar-refractivity contribution in [2.75, 3.05) is 14.1 Å². The van der Waals surface area contributed by atoms with E-state index in [0.717, 1.165) is 17.8 Å². The van der Waals surface area contributed by atoms with Crippen LogP contribution in [0.15, 0.2) is 0 Å². The number of fused-ring (bicyclic) bond motifs is 2. The molecule has 3 saturated carbocycles. The Labute approximate surface area is 131 Å². The highest BCUT2D eigenvalue weighted by molar-refractivity contribution is 5.02. The van der Waals surface area contributed by atoms with Crippen LogP contribution in [0.25, 0.3) is 0 Å². The number of hydrogen-bond acceptors (Lipinski definition) is 3. The van der Waals surface area contributed by atoms with Crippen molar-refractivity contribution in [3.63, 3.8) is 0 Å². The lowest BCUT2D eigenvalue weighted by molar-refractivity contribution is 0.0629. The van der Waals surface area contributed by atoms with E-state index in [9.17, 15) is 0 Å². The minimum atomic E-state index is 0.285. The van der Waals surface area contributed by atoms with Crippen LogP contribution in [-0.2, 0) is 0 Å². The van der Waals surface area contributed by atoms with Crippen molar-refractivity contribution < 1.29 is 0 Å². The van der Waals surface area contributed by atoms with Crippen LogP contribution in [0.5, 0.6) is 0 Å². The monoisotopic (exact) mass is 293 g/mol. The highest BCUT2D eigenvalue weighted by Crippen LogP contribution is 2.51. The molecular weight excluding hydrogens is 258 g/mol. The SMILES string of the molecule is CN(C)C1(C(CC2CC3CCC2C3)NN)CCCCCC1. The normalized spacial score (nSPS) is 36.9. The van der Waals surface area contributed by atoms with Gasteiger partial charge >= 0.3 is 0 Å². The smallest absolute Gasteiger partial charge is 0.0397 e. The first-order chi connectivity index (χ1) is 10.2. The van der Waals surface area contributed by atoms with E-state index in [0.29, 0.717) is 6.04 Å². The molecule has 2 bridgehead atoms. The standard InChI is InChI=1S/C18H35N3/c1-21(2)18(9-5-3-4-6-10-18)17(20-19)13-16-12-14-7-8-15(16)11-14/h14-17,20H,3-13,19H2,1-2H3. The Morgan fingerprint density at radius 3 is 2.29 bits per heavy atom. The summed E-state index contributed by atoms with van der Waals surface area (Å²) in [5.41, 5.74) is 3.55. The van der Waals surface area contributed by atoms with Crippen molar-refractivity contribution >= 4 is 0 Å². The van der Waals surface area contributed by atoms with E-state index in [2.05, 4.69) is 24.4 Å². The Morgan fingerprint density at radius 2 is 1.81 bits per heavy atom. The fourth-order valence-electron chi connectivity index (χ4n) is 5.86. The first-order valence-corrected chi connectivity index (χ1v) is 9.29. The zero-order chi connectivity index (χ0) is 14.9. The van der Waals surface area contributed by atoms with Crippen LogP contribution in [0.2, 0.25) is 0 Å². The van der Waals surface area contributed by atoms with Crippen LogP contribution in [0.3, 0.4) is 0 Å². The number of rotatable bonds is 5. The van der Waals surface area contributed by atoms with E-state index >= 15 is 0 Å².